The molecule has 21 heavy (non-hydrogen) atoms. The Kier molecular flexibility index (Phi) is 4.91. The van der Waals surface area contributed by atoms with Gasteiger partial charge in [0.15, 0.2) is 0 Å². The molecule has 1 saturated heterocycles. The Hall–Kier alpha value is -1.10. The van der Waals surface area contributed by atoms with Crippen LogP contribution in [0.15, 0.2) is 0 Å². The summed E-state index contributed by atoms with van der Waals surface area (Å²) < 4.78 is 5.26. The third-order valence-electron chi connectivity index (χ3n) is 5.08. The summed E-state index contributed by atoms with van der Waals surface area (Å²) in [6, 6.07) is 0. The van der Waals surface area contributed by atoms with Gasteiger partial charge in [0.2, 0.25) is 5.91 Å². The quantitative estimate of drug-likeness (QED) is 0.788. The largest absolute Gasteiger partial charge is 0.481 e. The molecule has 0 aromatic carbocycles. The molecule has 120 valence electrons. The van der Waals surface area contributed by atoms with Gasteiger partial charge in [-0.05, 0) is 38.0 Å². The normalized spacial score (nSPS) is 23.4. The van der Waals surface area contributed by atoms with Gasteiger partial charge in [-0.15, -0.1) is 0 Å². The molecule has 0 aromatic heterocycles. The lowest BCUT2D eigenvalue weighted by molar-refractivity contribution is -0.155. The van der Waals surface area contributed by atoms with Gasteiger partial charge in [0, 0.05) is 25.2 Å². The molecule has 2 aliphatic rings. The molecular weight excluding hydrogens is 270 g/mol. The molecule has 5 heteroatoms. The minimum absolute atomic E-state index is 0.0505. The first-order valence-electron chi connectivity index (χ1n) is 8.00. The van der Waals surface area contributed by atoms with E-state index in [0.29, 0.717) is 32.0 Å². The monoisotopic (exact) mass is 297 g/mol. The Balaban J connectivity index is 1.97. The van der Waals surface area contributed by atoms with Gasteiger partial charge in [-0.25, -0.2) is 0 Å². The highest BCUT2D eigenvalue weighted by Gasteiger charge is 2.46. The third kappa shape index (κ3) is 3.39. The summed E-state index contributed by atoms with van der Waals surface area (Å²) in [6.45, 7) is 5.40. The van der Waals surface area contributed by atoms with Gasteiger partial charge in [0.05, 0.1) is 5.41 Å². The topological polar surface area (TPSA) is 75.6 Å². The van der Waals surface area contributed by atoms with E-state index in [2.05, 4.69) is 19.2 Å². The summed E-state index contributed by atoms with van der Waals surface area (Å²) in [5.74, 6) is -0.292. The van der Waals surface area contributed by atoms with Crippen molar-refractivity contribution in [3.63, 3.8) is 0 Å². The number of carboxylic acid groups (broad SMARTS) is 1. The van der Waals surface area contributed by atoms with E-state index in [-0.39, 0.29) is 17.9 Å². The number of hydrogen-bond acceptors (Lipinski definition) is 3. The predicted octanol–water partition coefficient (Wildman–Crippen LogP) is 2.20. The molecule has 0 unspecified atom stereocenters. The standard InChI is InChI=1S/C16H27NO4/c1-12(2)10-15(4-3-5-15)13(18)17-11-16(14(19)20)6-8-21-9-7-16/h12H,3-11H2,1-2H3,(H,17,18)(H,19,20). The van der Waals surface area contributed by atoms with Gasteiger partial charge in [-0.1, -0.05) is 20.3 Å². The molecule has 0 radical (unpaired) electrons. The molecule has 0 atom stereocenters. The smallest absolute Gasteiger partial charge is 0.311 e. The van der Waals surface area contributed by atoms with Crippen molar-refractivity contribution in [2.24, 2.45) is 16.7 Å². The van der Waals surface area contributed by atoms with Gasteiger partial charge >= 0.3 is 5.97 Å². The molecule has 1 heterocycles. The lowest BCUT2D eigenvalue weighted by atomic mass is 9.64. The van der Waals surface area contributed by atoms with Gasteiger partial charge in [-0.2, -0.15) is 0 Å². The van der Waals surface area contributed by atoms with Crippen LogP contribution >= 0.6 is 0 Å². The minimum Gasteiger partial charge on any atom is -0.481 e. The number of hydrogen-bond donors (Lipinski definition) is 2. The van der Waals surface area contributed by atoms with Gasteiger partial charge in [0.25, 0.3) is 0 Å². The Morgan fingerprint density at radius 3 is 2.19 bits per heavy atom. The van der Waals surface area contributed by atoms with Crippen molar-refractivity contribution in [1.82, 2.24) is 5.32 Å². The Labute approximate surface area is 126 Å². The number of nitrogens with one attached hydrogen (secondary N) is 1. The molecule has 1 aliphatic heterocycles. The van der Waals surface area contributed by atoms with E-state index in [9.17, 15) is 14.7 Å². The Bertz CT molecular complexity index is 395. The first kappa shape index (κ1) is 16.3. The lowest BCUT2D eigenvalue weighted by Crippen LogP contribution is -2.52. The maximum atomic E-state index is 12.6. The average Bonchev–Trinajstić information content (AvgIpc) is 2.41. The van der Waals surface area contributed by atoms with Gasteiger partial charge in [-0.3, -0.25) is 9.59 Å². The molecule has 0 bridgehead atoms. The number of ether oxygens (including phenoxy) is 1. The number of rotatable bonds is 6. The van der Waals surface area contributed by atoms with E-state index < -0.39 is 11.4 Å². The molecule has 1 aliphatic carbocycles. The Morgan fingerprint density at radius 1 is 1.14 bits per heavy atom. The summed E-state index contributed by atoms with van der Waals surface area (Å²) in [5.41, 5.74) is -1.10. The van der Waals surface area contributed by atoms with Crippen molar-refractivity contribution >= 4 is 11.9 Å². The highest BCUT2D eigenvalue weighted by molar-refractivity contribution is 5.84. The van der Waals surface area contributed by atoms with Crippen LogP contribution in [0.5, 0.6) is 0 Å². The van der Waals surface area contributed by atoms with E-state index in [4.69, 9.17) is 4.74 Å². The molecule has 2 rings (SSSR count). The molecular formula is C16H27NO4. The highest BCUT2D eigenvalue weighted by atomic mass is 16.5. The van der Waals surface area contributed by atoms with Crippen molar-refractivity contribution in [2.75, 3.05) is 19.8 Å². The number of carbonyl (C=O) groups is 2. The second kappa shape index (κ2) is 6.34. The van der Waals surface area contributed by atoms with Crippen LogP contribution in [0.25, 0.3) is 0 Å². The zero-order valence-corrected chi connectivity index (χ0v) is 13.1. The lowest BCUT2D eigenvalue weighted by Gasteiger charge is -2.42. The summed E-state index contributed by atoms with van der Waals surface area (Å²) >= 11 is 0. The zero-order chi connectivity index (χ0) is 15.5. The van der Waals surface area contributed by atoms with E-state index >= 15 is 0 Å². The second-order valence-corrected chi connectivity index (χ2v) is 7.11. The first-order valence-corrected chi connectivity index (χ1v) is 8.00. The minimum atomic E-state index is -0.851. The number of aliphatic carboxylic acids is 1. The molecule has 1 amide bonds. The maximum Gasteiger partial charge on any atom is 0.311 e. The summed E-state index contributed by atoms with van der Waals surface area (Å²) in [4.78, 5) is 24.1. The van der Waals surface area contributed by atoms with E-state index in [0.717, 1.165) is 25.7 Å². The summed E-state index contributed by atoms with van der Waals surface area (Å²) in [7, 11) is 0. The van der Waals surface area contributed by atoms with Crippen LogP contribution in [-0.4, -0.2) is 36.7 Å². The van der Waals surface area contributed by atoms with E-state index in [1.165, 1.54) is 0 Å². The fourth-order valence-corrected chi connectivity index (χ4v) is 3.57. The number of amides is 1. The second-order valence-electron chi connectivity index (χ2n) is 7.11. The molecule has 0 spiro atoms. The SMILES string of the molecule is CC(C)CC1(C(=O)NCC2(C(=O)O)CCOCC2)CCC1. The zero-order valence-electron chi connectivity index (χ0n) is 13.1. The molecule has 2 N–H and O–H groups in total. The van der Waals surface area contributed by atoms with Crippen LogP contribution in [0.4, 0.5) is 0 Å². The summed E-state index contributed by atoms with van der Waals surface area (Å²) in [5, 5.41) is 12.5. The Morgan fingerprint density at radius 2 is 1.76 bits per heavy atom. The molecule has 2 fully saturated rings. The van der Waals surface area contributed by atoms with Crippen molar-refractivity contribution in [1.29, 1.82) is 0 Å². The number of carbonyl (C=O) groups excluding carboxylic acids is 1. The van der Waals surface area contributed by atoms with E-state index in [1.54, 1.807) is 0 Å². The van der Waals surface area contributed by atoms with E-state index in [1.807, 2.05) is 0 Å². The van der Waals surface area contributed by atoms with Gasteiger partial charge < -0.3 is 15.2 Å². The van der Waals surface area contributed by atoms with Crippen molar-refractivity contribution in [3.8, 4) is 0 Å². The summed E-state index contributed by atoms with van der Waals surface area (Å²) in [6.07, 6.45) is 4.79. The van der Waals surface area contributed by atoms with Crippen LogP contribution in [-0.2, 0) is 14.3 Å². The van der Waals surface area contributed by atoms with Crippen LogP contribution in [0.1, 0.15) is 52.4 Å². The average molecular weight is 297 g/mol. The molecule has 1 saturated carbocycles. The maximum absolute atomic E-state index is 12.6. The van der Waals surface area contributed by atoms with Crippen LogP contribution in [0.2, 0.25) is 0 Å². The fraction of sp³-hybridized carbons (Fsp3) is 0.875. The predicted molar refractivity (Wildman–Crippen MR) is 78.9 cm³/mol. The van der Waals surface area contributed by atoms with Crippen LogP contribution in [0, 0.1) is 16.7 Å². The number of carboxylic acids is 1. The van der Waals surface area contributed by atoms with Crippen LogP contribution in [0.3, 0.4) is 0 Å². The molecule has 0 aromatic rings. The highest BCUT2D eigenvalue weighted by Crippen LogP contribution is 2.46. The first-order chi connectivity index (χ1) is 9.90. The van der Waals surface area contributed by atoms with Crippen LogP contribution < -0.4 is 5.32 Å². The fourth-order valence-electron chi connectivity index (χ4n) is 3.57. The van der Waals surface area contributed by atoms with Gasteiger partial charge in [0.1, 0.15) is 0 Å². The van der Waals surface area contributed by atoms with Crippen molar-refractivity contribution in [3.05, 3.63) is 0 Å². The molecule has 5 nitrogen and oxygen atoms in total. The third-order valence-corrected chi connectivity index (χ3v) is 5.08. The van der Waals surface area contributed by atoms with Crippen molar-refractivity contribution < 1.29 is 19.4 Å². The van der Waals surface area contributed by atoms with Crippen molar-refractivity contribution in [2.45, 2.75) is 52.4 Å².